The average molecular weight is 280 g/mol. The summed E-state index contributed by atoms with van der Waals surface area (Å²) in [5.41, 5.74) is 0. The Kier molecular flexibility index (Phi) is 5.89. The Morgan fingerprint density at radius 3 is 2.50 bits per heavy atom. The number of amides is 1. The van der Waals surface area contributed by atoms with Crippen molar-refractivity contribution in [3.8, 4) is 0 Å². The molecule has 0 radical (unpaired) electrons. The number of hydrogen-bond acceptors (Lipinski definition) is 5. The quantitative estimate of drug-likeness (QED) is 0.756. The molecular weight excluding hydrogens is 260 g/mol. The minimum atomic E-state index is -1.02. The number of carboxylic acids is 1. The number of aromatic nitrogens is 2. The lowest BCUT2D eigenvalue weighted by atomic mass is 9.99. The first-order chi connectivity index (χ1) is 9.45. The van der Waals surface area contributed by atoms with E-state index in [1.54, 1.807) is 37.3 Å². The average Bonchev–Trinajstić information content (AvgIpc) is 2.44. The summed E-state index contributed by atoms with van der Waals surface area (Å²) in [6, 6.07) is 0.804. The van der Waals surface area contributed by atoms with Crippen LogP contribution in [0.1, 0.15) is 20.3 Å². The molecule has 2 unspecified atom stereocenters. The third kappa shape index (κ3) is 4.49. The van der Waals surface area contributed by atoms with Crippen molar-refractivity contribution in [1.29, 1.82) is 0 Å². The van der Waals surface area contributed by atoms with Gasteiger partial charge in [-0.2, -0.15) is 0 Å². The zero-order valence-corrected chi connectivity index (χ0v) is 11.9. The number of likely N-dealkylation sites (N-methyl/N-ethyl adjacent to an activating group) is 1. The predicted octanol–water partition coefficient (Wildman–Crippen LogP) is 0.528. The van der Waals surface area contributed by atoms with Crippen molar-refractivity contribution in [2.75, 3.05) is 18.5 Å². The minimum Gasteiger partial charge on any atom is -0.480 e. The van der Waals surface area contributed by atoms with E-state index in [1.807, 2.05) is 6.92 Å². The Balaban J connectivity index is 2.60. The highest BCUT2D eigenvalue weighted by atomic mass is 16.4. The molecule has 0 saturated carbocycles. The summed E-state index contributed by atoms with van der Waals surface area (Å²) < 4.78 is 0. The number of nitrogens with zero attached hydrogens (tertiary/aromatic N) is 3. The van der Waals surface area contributed by atoms with Gasteiger partial charge in [0.2, 0.25) is 11.9 Å². The summed E-state index contributed by atoms with van der Waals surface area (Å²) in [5.74, 6) is -1.10. The number of nitrogens with one attached hydrogen (secondary N) is 1. The molecule has 7 nitrogen and oxygen atoms in total. The number of hydrogen-bond donors (Lipinski definition) is 2. The fourth-order valence-electron chi connectivity index (χ4n) is 1.68. The first-order valence-electron chi connectivity index (χ1n) is 6.46. The Bertz CT molecular complexity index is 452. The lowest BCUT2D eigenvalue weighted by molar-refractivity contribution is -0.143. The second kappa shape index (κ2) is 7.42. The number of carbonyl (C=O) groups is 2. The molecule has 2 atom stereocenters. The van der Waals surface area contributed by atoms with E-state index in [9.17, 15) is 9.59 Å². The second-order valence-corrected chi connectivity index (χ2v) is 4.67. The Labute approximate surface area is 118 Å². The van der Waals surface area contributed by atoms with Crippen LogP contribution >= 0.6 is 0 Å². The van der Waals surface area contributed by atoms with E-state index in [4.69, 9.17) is 5.11 Å². The van der Waals surface area contributed by atoms with Gasteiger partial charge in [0.15, 0.2) is 0 Å². The molecule has 20 heavy (non-hydrogen) atoms. The first-order valence-corrected chi connectivity index (χ1v) is 6.46. The molecule has 7 heteroatoms. The van der Waals surface area contributed by atoms with E-state index in [0.29, 0.717) is 12.4 Å². The summed E-state index contributed by atoms with van der Waals surface area (Å²) in [7, 11) is 1.67. The molecule has 110 valence electrons. The third-order valence-electron chi connectivity index (χ3n) is 3.07. The fraction of sp³-hybridized carbons (Fsp3) is 0.538. The maximum absolute atomic E-state index is 11.9. The van der Waals surface area contributed by atoms with Crippen LogP contribution < -0.4 is 10.2 Å². The lowest BCUT2D eigenvalue weighted by Gasteiger charge is -2.22. The minimum absolute atomic E-state index is 0.00419. The molecular formula is C13H20N4O3. The van der Waals surface area contributed by atoms with E-state index in [2.05, 4.69) is 15.3 Å². The van der Waals surface area contributed by atoms with Crippen LogP contribution in [0.25, 0.3) is 0 Å². The van der Waals surface area contributed by atoms with Crippen LogP contribution in [0.5, 0.6) is 0 Å². The van der Waals surface area contributed by atoms with Crippen LogP contribution in [0.2, 0.25) is 0 Å². The molecule has 1 aromatic heterocycles. The second-order valence-electron chi connectivity index (χ2n) is 4.67. The number of carbonyl (C=O) groups excluding carboxylic acids is 1. The zero-order valence-electron chi connectivity index (χ0n) is 11.9. The van der Waals surface area contributed by atoms with Crippen molar-refractivity contribution in [3.63, 3.8) is 0 Å². The molecule has 1 amide bonds. The SMILES string of the molecule is CCC(C)C(NC(=O)CN(C)c1ncccn1)C(=O)O. The third-order valence-corrected chi connectivity index (χ3v) is 3.07. The van der Waals surface area contributed by atoms with Crippen LogP contribution in [0, 0.1) is 5.92 Å². The van der Waals surface area contributed by atoms with Gasteiger partial charge in [0.25, 0.3) is 0 Å². The Hall–Kier alpha value is -2.18. The van der Waals surface area contributed by atoms with Crippen LogP contribution in [0.4, 0.5) is 5.95 Å². The van der Waals surface area contributed by atoms with E-state index < -0.39 is 12.0 Å². The van der Waals surface area contributed by atoms with Crippen molar-refractivity contribution >= 4 is 17.8 Å². The molecule has 0 aliphatic carbocycles. The van der Waals surface area contributed by atoms with Gasteiger partial charge in [0, 0.05) is 19.4 Å². The molecule has 1 rings (SSSR count). The molecule has 0 bridgehead atoms. The normalized spacial score (nSPS) is 13.3. The highest BCUT2D eigenvalue weighted by Gasteiger charge is 2.25. The van der Waals surface area contributed by atoms with Crippen LogP contribution in [0.3, 0.4) is 0 Å². The van der Waals surface area contributed by atoms with Gasteiger partial charge in [0.05, 0.1) is 6.54 Å². The molecule has 1 aromatic rings. The summed E-state index contributed by atoms with van der Waals surface area (Å²) in [6.45, 7) is 3.68. The van der Waals surface area contributed by atoms with Gasteiger partial charge < -0.3 is 15.3 Å². The van der Waals surface area contributed by atoms with Gasteiger partial charge in [-0.3, -0.25) is 4.79 Å². The van der Waals surface area contributed by atoms with Gasteiger partial charge in [-0.15, -0.1) is 0 Å². The number of aliphatic carboxylic acids is 1. The highest BCUT2D eigenvalue weighted by molar-refractivity contribution is 5.86. The maximum atomic E-state index is 11.9. The maximum Gasteiger partial charge on any atom is 0.326 e. The van der Waals surface area contributed by atoms with Crippen molar-refractivity contribution < 1.29 is 14.7 Å². The van der Waals surface area contributed by atoms with Crippen molar-refractivity contribution in [2.45, 2.75) is 26.3 Å². The Morgan fingerprint density at radius 1 is 1.40 bits per heavy atom. The lowest BCUT2D eigenvalue weighted by Crippen LogP contribution is -2.48. The molecule has 0 aromatic carbocycles. The standard InChI is InChI=1S/C13H20N4O3/c1-4-9(2)11(12(19)20)16-10(18)8-17(3)13-14-6-5-7-15-13/h5-7,9,11H,4,8H2,1-3H3,(H,16,18)(H,19,20). The van der Waals surface area contributed by atoms with Gasteiger partial charge >= 0.3 is 5.97 Å². The first kappa shape index (κ1) is 15.9. The van der Waals surface area contributed by atoms with Crippen LogP contribution in [-0.4, -0.2) is 46.6 Å². The Morgan fingerprint density at radius 2 is 2.00 bits per heavy atom. The molecule has 2 N–H and O–H groups in total. The van der Waals surface area contributed by atoms with E-state index in [1.165, 1.54) is 0 Å². The van der Waals surface area contributed by atoms with Crippen molar-refractivity contribution in [3.05, 3.63) is 18.5 Å². The van der Waals surface area contributed by atoms with E-state index in [-0.39, 0.29) is 18.4 Å². The van der Waals surface area contributed by atoms with Gasteiger partial charge in [0.1, 0.15) is 6.04 Å². The molecule has 0 saturated heterocycles. The van der Waals surface area contributed by atoms with Gasteiger partial charge in [-0.05, 0) is 12.0 Å². The number of anilines is 1. The zero-order chi connectivity index (χ0) is 15.1. The molecule has 1 heterocycles. The summed E-state index contributed by atoms with van der Waals surface area (Å²) in [4.78, 5) is 32.6. The van der Waals surface area contributed by atoms with Gasteiger partial charge in [-0.25, -0.2) is 14.8 Å². The molecule has 0 aliphatic heterocycles. The van der Waals surface area contributed by atoms with Crippen LogP contribution in [0.15, 0.2) is 18.5 Å². The molecule has 0 aliphatic rings. The molecule has 0 fully saturated rings. The monoisotopic (exact) mass is 280 g/mol. The summed E-state index contributed by atoms with van der Waals surface area (Å²) in [6.07, 6.45) is 3.83. The van der Waals surface area contributed by atoms with Crippen molar-refractivity contribution in [2.24, 2.45) is 5.92 Å². The van der Waals surface area contributed by atoms with Gasteiger partial charge in [-0.1, -0.05) is 20.3 Å². The van der Waals surface area contributed by atoms with E-state index in [0.717, 1.165) is 0 Å². The smallest absolute Gasteiger partial charge is 0.326 e. The fourth-order valence-corrected chi connectivity index (χ4v) is 1.68. The highest BCUT2D eigenvalue weighted by Crippen LogP contribution is 2.08. The number of rotatable bonds is 7. The number of carboxylic acid groups (broad SMARTS) is 1. The largest absolute Gasteiger partial charge is 0.480 e. The van der Waals surface area contributed by atoms with Crippen molar-refractivity contribution in [1.82, 2.24) is 15.3 Å². The van der Waals surface area contributed by atoms with E-state index >= 15 is 0 Å². The summed E-state index contributed by atoms with van der Waals surface area (Å²) >= 11 is 0. The molecule has 0 spiro atoms. The summed E-state index contributed by atoms with van der Waals surface area (Å²) in [5, 5.41) is 11.7. The topological polar surface area (TPSA) is 95.4 Å². The van der Waals surface area contributed by atoms with Crippen LogP contribution in [-0.2, 0) is 9.59 Å². The predicted molar refractivity (Wildman–Crippen MR) is 74.3 cm³/mol.